The molecule has 0 spiro atoms. The zero-order valence-corrected chi connectivity index (χ0v) is 11.2. The van der Waals surface area contributed by atoms with Gasteiger partial charge in [-0.3, -0.25) is 4.79 Å². The summed E-state index contributed by atoms with van der Waals surface area (Å²) in [5.74, 6) is 0.0454. The van der Waals surface area contributed by atoms with E-state index in [1.807, 2.05) is 36.5 Å². The quantitative estimate of drug-likeness (QED) is 0.892. The van der Waals surface area contributed by atoms with Crippen molar-refractivity contribution >= 4 is 11.6 Å². The summed E-state index contributed by atoms with van der Waals surface area (Å²) in [4.78, 5) is 12.1. The van der Waals surface area contributed by atoms with Crippen LogP contribution in [0.25, 0.3) is 5.69 Å². The molecular formula is C15H18N4O. The fraction of sp³-hybridized carbons (Fsp3) is 0.333. The van der Waals surface area contributed by atoms with E-state index in [-0.39, 0.29) is 5.91 Å². The van der Waals surface area contributed by atoms with E-state index in [1.165, 1.54) is 0 Å². The third-order valence-electron chi connectivity index (χ3n) is 3.52. The molecule has 0 saturated carbocycles. The van der Waals surface area contributed by atoms with Crippen LogP contribution in [0.2, 0.25) is 0 Å². The molecule has 2 N–H and O–H groups in total. The molecule has 1 fully saturated rings. The fourth-order valence-corrected chi connectivity index (χ4v) is 2.55. The summed E-state index contributed by atoms with van der Waals surface area (Å²) in [7, 11) is 0. The lowest BCUT2D eigenvalue weighted by Gasteiger charge is -2.13. The smallest absolute Gasteiger partial charge is 0.225 e. The molecule has 3 rings (SSSR count). The molecule has 1 aliphatic rings. The molecule has 0 radical (unpaired) electrons. The Bertz CT molecular complexity index is 573. The first-order valence-electron chi connectivity index (χ1n) is 6.95. The molecule has 5 nitrogen and oxygen atoms in total. The van der Waals surface area contributed by atoms with Gasteiger partial charge in [0.25, 0.3) is 0 Å². The summed E-state index contributed by atoms with van der Waals surface area (Å²) in [6.45, 7) is 1.02. The Labute approximate surface area is 118 Å². The summed E-state index contributed by atoms with van der Waals surface area (Å²) in [5.41, 5.74) is 1.67. The molecule has 0 aliphatic carbocycles. The molecule has 0 bridgehead atoms. The van der Waals surface area contributed by atoms with Gasteiger partial charge in [0.15, 0.2) is 0 Å². The number of anilines is 1. The highest BCUT2D eigenvalue weighted by atomic mass is 16.1. The van der Waals surface area contributed by atoms with Crippen LogP contribution >= 0.6 is 0 Å². The third-order valence-corrected chi connectivity index (χ3v) is 3.52. The van der Waals surface area contributed by atoms with Crippen molar-refractivity contribution in [2.45, 2.75) is 25.3 Å². The lowest BCUT2D eigenvalue weighted by atomic mass is 10.1. The van der Waals surface area contributed by atoms with Crippen LogP contribution in [0.4, 0.5) is 5.69 Å². The lowest BCUT2D eigenvalue weighted by molar-refractivity contribution is -0.116. The number of hydrogen-bond donors (Lipinski definition) is 2. The van der Waals surface area contributed by atoms with E-state index < -0.39 is 0 Å². The summed E-state index contributed by atoms with van der Waals surface area (Å²) in [6.07, 6.45) is 6.34. The number of carbonyl (C=O) groups excluding carboxylic acids is 1. The molecule has 2 heterocycles. The Kier molecular flexibility index (Phi) is 3.78. The number of rotatable bonds is 4. The lowest BCUT2D eigenvalue weighted by Crippen LogP contribution is -2.27. The van der Waals surface area contributed by atoms with E-state index in [0.29, 0.717) is 12.5 Å². The van der Waals surface area contributed by atoms with Gasteiger partial charge < -0.3 is 10.6 Å². The van der Waals surface area contributed by atoms with Gasteiger partial charge in [-0.15, -0.1) is 0 Å². The predicted octanol–water partition coefficient (Wildman–Crippen LogP) is 1.95. The molecule has 1 atom stereocenters. The Morgan fingerprint density at radius 2 is 2.30 bits per heavy atom. The average molecular weight is 270 g/mol. The van der Waals surface area contributed by atoms with Crippen LogP contribution in [-0.4, -0.2) is 28.3 Å². The summed E-state index contributed by atoms with van der Waals surface area (Å²) >= 11 is 0. The van der Waals surface area contributed by atoms with Crippen LogP contribution in [0.15, 0.2) is 42.7 Å². The van der Waals surface area contributed by atoms with Gasteiger partial charge in [0.05, 0.1) is 11.4 Å². The van der Waals surface area contributed by atoms with Crippen molar-refractivity contribution in [1.29, 1.82) is 0 Å². The minimum absolute atomic E-state index is 0.0454. The molecule has 20 heavy (non-hydrogen) atoms. The predicted molar refractivity (Wildman–Crippen MR) is 77.8 cm³/mol. The summed E-state index contributed by atoms with van der Waals surface area (Å²) in [5, 5.41) is 10.5. The maximum Gasteiger partial charge on any atom is 0.225 e. The SMILES string of the molecule is O=C(CC1CCCN1)Nc1ccccc1-n1cccn1. The second-order valence-electron chi connectivity index (χ2n) is 5.01. The van der Waals surface area contributed by atoms with Crippen molar-refractivity contribution in [2.75, 3.05) is 11.9 Å². The maximum atomic E-state index is 12.1. The third kappa shape index (κ3) is 2.88. The first-order chi connectivity index (χ1) is 9.83. The summed E-state index contributed by atoms with van der Waals surface area (Å²) in [6, 6.07) is 9.86. The number of para-hydroxylation sites is 2. The van der Waals surface area contributed by atoms with Crippen molar-refractivity contribution in [1.82, 2.24) is 15.1 Å². The van der Waals surface area contributed by atoms with Crippen LogP contribution in [0.5, 0.6) is 0 Å². The first kappa shape index (κ1) is 12.9. The van der Waals surface area contributed by atoms with Crippen LogP contribution in [0.3, 0.4) is 0 Å². The molecule has 1 amide bonds. The molecule has 1 aliphatic heterocycles. The van der Waals surface area contributed by atoms with Crippen LogP contribution in [0.1, 0.15) is 19.3 Å². The molecule has 1 aromatic heterocycles. The number of aromatic nitrogens is 2. The highest BCUT2D eigenvalue weighted by Gasteiger charge is 2.18. The Morgan fingerprint density at radius 3 is 3.05 bits per heavy atom. The largest absolute Gasteiger partial charge is 0.324 e. The van der Waals surface area contributed by atoms with E-state index >= 15 is 0 Å². The van der Waals surface area contributed by atoms with E-state index in [9.17, 15) is 4.79 Å². The fourth-order valence-electron chi connectivity index (χ4n) is 2.55. The van der Waals surface area contributed by atoms with Gasteiger partial charge in [0, 0.05) is 24.9 Å². The average Bonchev–Trinajstić information content (AvgIpc) is 3.11. The molecule has 1 saturated heterocycles. The van der Waals surface area contributed by atoms with Crippen molar-refractivity contribution < 1.29 is 4.79 Å². The normalized spacial score (nSPS) is 18.1. The minimum Gasteiger partial charge on any atom is -0.324 e. The van der Waals surface area contributed by atoms with Crippen LogP contribution in [-0.2, 0) is 4.79 Å². The Hall–Kier alpha value is -2.14. The van der Waals surface area contributed by atoms with Gasteiger partial charge in [0.1, 0.15) is 0 Å². The van der Waals surface area contributed by atoms with E-state index in [1.54, 1.807) is 10.9 Å². The Balaban J connectivity index is 1.72. The Morgan fingerprint density at radius 1 is 1.40 bits per heavy atom. The molecule has 104 valence electrons. The number of nitrogens with zero attached hydrogens (tertiary/aromatic N) is 2. The second kappa shape index (κ2) is 5.88. The van der Waals surface area contributed by atoms with Crippen molar-refractivity contribution in [3.05, 3.63) is 42.7 Å². The monoisotopic (exact) mass is 270 g/mol. The maximum absolute atomic E-state index is 12.1. The first-order valence-corrected chi connectivity index (χ1v) is 6.95. The molecule has 1 aromatic carbocycles. The zero-order valence-electron chi connectivity index (χ0n) is 11.2. The van der Waals surface area contributed by atoms with Gasteiger partial charge in [-0.1, -0.05) is 12.1 Å². The number of carbonyl (C=O) groups is 1. The zero-order chi connectivity index (χ0) is 13.8. The second-order valence-corrected chi connectivity index (χ2v) is 5.01. The van der Waals surface area contributed by atoms with Gasteiger partial charge in [-0.2, -0.15) is 5.10 Å². The van der Waals surface area contributed by atoms with Crippen LogP contribution < -0.4 is 10.6 Å². The molecule has 2 aromatic rings. The number of nitrogens with one attached hydrogen (secondary N) is 2. The van der Waals surface area contributed by atoms with Crippen molar-refractivity contribution in [3.8, 4) is 5.69 Å². The van der Waals surface area contributed by atoms with E-state index in [2.05, 4.69) is 15.7 Å². The standard InChI is InChI=1S/C15H18N4O/c20-15(11-12-5-3-8-16-12)18-13-6-1-2-7-14(13)19-10-4-9-17-19/h1-2,4,6-7,9-10,12,16H,3,5,8,11H2,(H,18,20). The van der Waals surface area contributed by atoms with Gasteiger partial charge in [0.2, 0.25) is 5.91 Å². The number of benzene rings is 1. The minimum atomic E-state index is 0.0454. The van der Waals surface area contributed by atoms with Gasteiger partial charge in [-0.05, 0) is 37.6 Å². The number of amides is 1. The topological polar surface area (TPSA) is 59.0 Å². The molecular weight excluding hydrogens is 252 g/mol. The van der Waals surface area contributed by atoms with Gasteiger partial charge in [-0.25, -0.2) is 4.68 Å². The van der Waals surface area contributed by atoms with E-state index in [4.69, 9.17) is 0 Å². The molecule has 5 heteroatoms. The van der Waals surface area contributed by atoms with Crippen molar-refractivity contribution in [2.24, 2.45) is 0 Å². The highest BCUT2D eigenvalue weighted by molar-refractivity contribution is 5.93. The van der Waals surface area contributed by atoms with Crippen LogP contribution in [0, 0.1) is 0 Å². The van der Waals surface area contributed by atoms with E-state index in [0.717, 1.165) is 30.8 Å². The molecule has 1 unspecified atom stereocenters. The summed E-state index contributed by atoms with van der Waals surface area (Å²) < 4.78 is 1.75. The highest BCUT2D eigenvalue weighted by Crippen LogP contribution is 2.19. The number of hydrogen-bond acceptors (Lipinski definition) is 3. The van der Waals surface area contributed by atoms with Gasteiger partial charge >= 0.3 is 0 Å². The van der Waals surface area contributed by atoms with Crippen molar-refractivity contribution in [3.63, 3.8) is 0 Å².